The molecule has 0 aliphatic heterocycles. The lowest BCUT2D eigenvalue weighted by Crippen LogP contribution is -2.16. The highest BCUT2D eigenvalue weighted by atomic mass is 16.3. The fourth-order valence-corrected chi connectivity index (χ4v) is 9.02. The monoisotopic (exact) mass is 692 g/mol. The third-order valence-corrected chi connectivity index (χ3v) is 11.6. The normalized spacial score (nSPS) is 13.1. The maximum atomic E-state index is 6.55. The van der Waals surface area contributed by atoms with Gasteiger partial charge in [-0.2, -0.15) is 0 Å². The van der Waals surface area contributed by atoms with Gasteiger partial charge in [0.15, 0.2) is 0 Å². The molecule has 8 aromatic carbocycles. The predicted molar refractivity (Wildman–Crippen MR) is 226 cm³/mol. The average Bonchev–Trinajstić information content (AvgIpc) is 3.62. The molecule has 1 aliphatic carbocycles. The van der Waals surface area contributed by atoms with Crippen molar-refractivity contribution in [3.63, 3.8) is 0 Å². The highest BCUT2D eigenvalue weighted by Crippen LogP contribution is 2.50. The van der Waals surface area contributed by atoms with Crippen molar-refractivity contribution in [2.45, 2.75) is 19.3 Å². The second kappa shape index (κ2) is 11.6. The number of benzene rings is 8. The zero-order chi connectivity index (χ0) is 36.0. The maximum Gasteiger partial charge on any atom is 0.137 e. The SMILES string of the molecule is CC1(C)c2ccccc2-c2ccc(N(c3ccccc3)c3ccc(-c4ccc(-n5c6cccc7oc8ccccc8c8cccc5c8c76)cc4)cc3)cc21. The van der Waals surface area contributed by atoms with E-state index >= 15 is 0 Å². The van der Waals surface area contributed by atoms with Crippen LogP contribution in [-0.4, -0.2) is 4.57 Å². The molecule has 0 unspecified atom stereocenters. The Labute approximate surface area is 314 Å². The Morgan fingerprint density at radius 2 is 1.04 bits per heavy atom. The zero-order valence-corrected chi connectivity index (χ0v) is 30.1. The quantitative estimate of drug-likeness (QED) is 0.179. The van der Waals surface area contributed by atoms with Crippen LogP contribution in [0.1, 0.15) is 25.0 Å². The fourth-order valence-electron chi connectivity index (χ4n) is 9.02. The Morgan fingerprint density at radius 1 is 0.444 bits per heavy atom. The van der Waals surface area contributed by atoms with Crippen molar-refractivity contribution < 1.29 is 4.42 Å². The van der Waals surface area contributed by atoms with Gasteiger partial charge in [0.25, 0.3) is 0 Å². The van der Waals surface area contributed by atoms with E-state index in [2.05, 4.69) is 199 Å². The van der Waals surface area contributed by atoms with Gasteiger partial charge in [-0.25, -0.2) is 0 Å². The Hall–Kier alpha value is -6.84. The summed E-state index contributed by atoms with van der Waals surface area (Å²) >= 11 is 0. The van der Waals surface area contributed by atoms with E-state index in [0.717, 1.165) is 50.2 Å². The van der Waals surface area contributed by atoms with Crippen molar-refractivity contribution in [1.29, 1.82) is 0 Å². The highest BCUT2D eigenvalue weighted by Gasteiger charge is 2.35. The Balaban J connectivity index is 0.975. The summed E-state index contributed by atoms with van der Waals surface area (Å²) in [5.41, 5.74) is 16.3. The smallest absolute Gasteiger partial charge is 0.137 e. The van der Waals surface area contributed by atoms with Gasteiger partial charge in [-0.15, -0.1) is 0 Å². The van der Waals surface area contributed by atoms with Gasteiger partial charge in [0.05, 0.1) is 16.4 Å². The topological polar surface area (TPSA) is 21.3 Å². The minimum atomic E-state index is -0.0706. The lowest BCUT2D eigenvalue weighted by molar-refractivity contribution is 0.660. The second-order valence-electron chi connectivity index (χ2n) is 14.9. The van der Waals surface area contributed by atoms with E-state index in [4.69, 9.17) is 4.42 Å². The molecule has 0 atom stereocenters. The number of aromatic nitrogens is 1. The van der Waals surface area contributed by atoms with Gasteiger partial charge in [-0.1, -0.05) is 123 Å². The third-order valence-electron chi connectivity index (χ3n) is 11.6. The minimum Gasteiger partial charge on any atom is -0.456 e. The largest absolute Gasteiger partial charge is 0.456 e. The van der Waals surface area contributed by atoms with Gasteiger partial charge in [0, 0.05) is 38.9 Å². The first-order valence-corrected chi connectivity index (χ1v) is 18.7. The summed E-state index contributed by atoms with van der Waals surface area (Å²) < 4.78 is 8.93. The molecule has 0 N–H and O–H groups in total. The van der Waals surface area contributed by atoms with Crippen LogP contribution in [0.5, 0.6) is 0 Å². The molecule has 2 aromatic heterocycles. The first-order valence-electron chi connectivity index (χ1n) is 18.7. The van der Waals surface area contributed by atoms with Gasteiger partial charge in [-0.05, 0) is 112 Å². The summed E-state index contributed by atoms with van der Waals surface area (Å²) in [6.07, 6.45) is 0. The van der Waals surface area contributed by atoms with Crippen LogP contribution in [-0.2, 0) is 5.41 Å². The van der Waals surface area contributed by atoms with Crippen LogP contribution >= 0.6 is 0 Å². The number of hydrogen-bond donors (Lipinski definition) is 0. The van der Waals surface area contributed by atoms with Crippen molar-refractivity contribution in [3.05, 3.63) is 193 Å². The van der Waals surface area contributed by atoms with Gasteiger partial charge in [0.1, 0.15) is 11.2 Å². The molecule has 54 heavy (non-hydrogen) atoms. The summed E-state index contributed by atoms with van der Waals surface area (Å²) in [6.45, 7) is 4.69. The van der Waals surface area contributed by atoms with Crippen molar-refractivity contribution in [2.75, 3.05) is 4.90 Å². The number of nitrogens with zero attached hydrogens (tertiary/aromatic N) is 2. The number of hydrogen-bond acceptors (Lipinski definition) is 2. The molecular weight excluding hydrogens is 657 g/mol. The first kappa shape index (κ1) is 30.8. The summed E-state index contributed by atoms with van der Waals surface area (Å²) in [6, 6.07) is 65.7. The third kappa shape index (κ3) is 4.48. The lowest BCUT2D eigenvalue weighted by Gasteiger charge is -2.28. The van der Waals surface area contributed by atoms with Crippen LogP contribution < -0.4 is 4.90 Å². The van der Waals surface area contributed by atoms with Crippen molar-refractivity contribution in [1.82, 2.24) is 4.57 Å². The Bertz CT molecular complexity index is 3060. The van der Waals surface area contributed by atoms with Crippen LogP contribution in [0.2, 0.25) is 0 Å². The molecule has 0 radical (unpaired) electrons. The molecular formula is C51H36N2O. The molecule has 1 aliphatic rings. The van der Waals surface area contributed by atoms with E-state index in [1.165, 1.54) is 49.7 Å². The van der Waals surface area contributed by atoms with Gasteiger partial charge >= 0.3 is 0 Å². The highest BCUT2D eigenvalue weighted by molar-refractivity contribution is 6.26. The Kier molecular flexibility index (Phi) is 6.60. The molecule has 256 valence electrons. The van der Waals surface area contributed by atoms with Crippen molar-refractivity contribution in [2.24, 2.45) is 0 Å². The van der Waals surface area contributed by atoms with Gasteiger partial charge in [0.2, 0.25) is 0 Å². The second-order valence-corrected chi connectivity index (χ2v) is 14.9. The molecule has 0 bridgehead atoms. The molecule has 0 saturated carbocycles. The van der Waals surface area contributed by atoms with E-state index in [1.807, 2.05) is 6.07 Å². The van der Waals surface area contributed by atoms with Crippen molar-refractivity contribution in [3.8, 4) is 27.9 Å². The summed E-state index contributed by atoms with van der Waals surface area (Å²) in [7, 11) is 0. The first-order chi connectivity index (χ1) is 26.5. The van der Waals surface area contributed by atoms with Crippen LogP contribution in [0.3, 0.4) is 0 Å². The maximum absolute atomic E-state index is 6.55. The summed E-state index contributed by atoms with van der Waals surface area (Å²) in [5.74, 6) is 0. The molecule has 0 amide bonds. The molecule has 3 nitrogen and oxygen atoms in total. The van der Waals surface area contributed by atoms with Crippen LogP contribution in [0.4, 0.5) is 17.1 Å². The molecule has 11 rings (SSSR count). The van der Waals surface area contributed by atoms with E-state index in [-0.39, 0.29) is 5.41 Å². The van der Waals surface area contributed by atoms with E-state index < -0.39 is 0 Å². The number of rotatable bonds is 5. The summed E-state index contributed by atoms with van der Waals surface area (Å²) in [4.78, 5) is 2.37. The number of anilines is 3. The van der Waals surface area contributed by atoms with Crippen LogP contribution in [0, 0.1) is 0 Å². The van der Waals surface area contributed by atoms with E-state index in [0.29, 0.717) is 0 Å². The fraction of sp³-hybridized carbons (Fsp3) is 0.0588. The minimum absolute atomic E-state index is 0.0706. The standard InChI is InChI=1S/C51H36N2O/c1-51(2)43-17-8-6-14-39(43)40-31-30-38(32-44(40)51)52(35-12-4-3-5-13-35)36-26-22-33(23-27-36)34-24-28-37(29-25-34)53-45-18-10-16-42-41-15-7-9-20-47(41)54-48-21-11-19-46(53)50(48)49(42)45/h3-32H,1-2H3. The molecule has 2 heterocycles. The molecule has 0 saturated heterocycles. The molecule has 0 spiro atoms. The zero-order valence-electron chi connectivity index (χ0n) is 30.1. The van der Waals surface area contributed by atoms with Gasteiger partial charge in [-0.3, -0.25) is 0 Å². The average molecular weight is 693 g/mol. The van der Waals surface area contributed by atoms with Crippen LogP contribution in [0.15, 0.2) is 186 Å². The van der Waals surface area contributed by atoms with E-state index in [1.54, 1.807) is 0 Å². The van der Waals surface area contributed by atoms with E-state index in [9.17, 15) is 0 Å². The van der Waals surface area contributed by atoms with Crippen LogP contribution in [0.25, 0.3) is 71.7 Å². The molecule has 10 aromatic rings. The number of fused-ring (bicyclic) bond motifs is 5. The Morgan fingerprint density at radius 3 is 1.85 bits per heavy atom. The lowest BCUT2D eigenvalue weighted by atomic mass is 9.82. The molecule has 0 fully saturated rings. The summed E-state index contributed by atoms with van der Waals surface area (Å²) in [5, 5.41) is 4.70. The van der Waals surface area contributed by atoms with Crippen molar-refractivity contribution >= 4 is 60.8 Å². The predicted octanol–water partition coefficient (Wildman–Crippen LogP) is 14.1. The molecule has 3 heteroatoms. The van der Waals surface area contributed by atoms with Gasteiger partial charge < -0.3 is 13.9 Å². The number of para-hydroxylation sites is 2.